The highest BCUT2D eigenvalue weighted by atomic mass is 32.1. The Kier molecular flexibility index (Phi) is 5.54. The van der Waals surface area contributed by atoms with Crippen molar-refractivity contribution >= 4 is 86.0 Å². The van der Waals surface area contributed by atoms with Crippen LogP contribution >= 0.6 is 11.3 Å². The van der Waals surface area contributed by atoms with Crippen molar-refractivity contribution in [3.8, 4) is 22.6 Å². The molecule has 0 radical (unpaired) electrons. The molecule has 4 heteroatoms. The smallest absolute Gasteiger partial charge is 0.0888 e. The minimum atomic E-state index is 1.03. The normalized spacial score (nSPS) is 12.1. The summed E-state index contributed by atoms with van der Waals surface area (Å²) < 4.78 is 7.32. The number of rotatable bonds is 3. The molecule has 0 atom stereocenters. The molecule has 4 heterocycles. The fourth-order valence-electron chi connectivity index (χ4n) is 7.98. The van der Waals surface area contributed by atoms with Gasteiger partial charge in [-0.3, -0.25) is 0 Å². The van der Waals surface area contributed by atoms with Gasteiger partial charge in [-0.05, 0) is 60.7 Å². The van der Waals surface area contributed by atoms with E-state index in [1.54, 1.807) is 0 Å². The zero-order valence-corrected chi connectivity index (χ0v) is 27.2. The van der Waals surface area contributed by atoms with E-state index in [1.165, 1.54) is 69.2 Å². The van der Waals surface area contributed by atoms with Gasteiger partial charge in [-0.15, -0.1) is 11.3 Å². The van der Waals surface area contributed by atoms with Crippen molar-refractivity contribution in [2.75, 3.05) is 0 Å². The fourth-order valence-corrected chi connectivity index (χ4v) is 9.20. The number of hydrogen-bond acceptors (Lipinski definition) is 2. The van der Waals surface area contributed by atoms with Crippen LogP contribution in [-0.2, 0) is 0 Å². The number of pyridine rings is 1. The van der Waals surface area contributed by atoms with Crippen molar-refractivity contribution in [3.63, 3.8) is 0 Å². The van der Waals surface area contributed by atoms with E-state index in [0.717, 1.165) is 28.1 Å². The summed E-state index contributed by atoms with van der Waals surface area (Å²) in [7, 11) is 0. The Hall–Kier alpha value is -6.23. The van der Waals surface area contributed by atoms with Gasteiger partial charge in [0, 0.05) is 59.3 Å². The molecule has 0 saturated heterocycles. The Morgan fingerprint density at radius 2 is 0.918 bits per heavy atom. The number of nitrogens with zero attached hydrogens (tertiary/aromatic N) is 3. The largest absolute Gasteiger partial charge is 0.309 e. The minimum Gasteiger partial charge on any atom is -0.309 e. The Morgan fingerprint density at radius 1 is 0.408 bits per heavy atom. The molecular weight excluding hydrogens is 615 g/mol. The predicted molar refractivity (Wildman–Crippen MR) is 209 cm³/mol. The van der Waals surface area contributed by atoms with E-state index in [-0.39, 0.29) is 0 Å². The zero-order chi connectivity index (χ0) is 32.1. The summed E-state index contributed by atoms with van der Waals surface area (Å²) in [5.74, 6) is 0. The lowest BCUT2D eigenvalue weighted by atomic mass is 10.0. The highest BCUT2D eigenvalue weighted by Gasteiger charge is 2.18. The summed E-state index contributed by atoms with van der Waals surface area (Å²) in [6.07, 6.45) is 0. The van der Waals surface area contributed by atoms with Gasteiger partial charge in [-0.25, -0.2) is 4.98 Å². The average Bonchev–Trinajstić information content (AvgIpc) is 3.83. The van der Waals surface area contributed by atoms with Gasteiger partial charge in [-0.2, -0.15) is 0 Å². The second-order valence-corrected chi connectivity index (χ2v) is 13.8. The average molecular weight is 642 g/mol. The van der Waals surface area contributed by atoms with Crippen LogP contribution in [0.1, 0.15) is 0 Å². The molecule has 11 aromatic rings. The molecule has 0 spiro atoms. The van der Waals surface area contributed by atoms with Crippen LogP contribution in [0.5, 0.6) is 0 Å². The molecule has 0 fully saturated rings. The van der Waals surface area contributed by atoms with E-state index in [2.05, 4.69) is 173 Å². The minimum absolute atomic E-state index is 1.03. The van der Waals surface area contributed by atoms with E-state index in [0.29, 0.717) is 0 Å². The predicted octanol–water partition coefficient (Wildman–Crippen LogP) is 12.5. The molecule has 0 saturated carbocycles. The molecule has 0 aliphatic heterocycles. The standard InChI is InChI=1S/C45H27N3S/c1-6-16-37-34(14-1)43-35-15-5-10-20-42(35)49-45(43)44(46-37)28-21-23-29(24-22-28)47-40-19-9-4-13-33(40)36-27-30(25-26-41(36)47)48-38-17-7-2-11-31(38)32-12-3-8-18-39(32)48/h1-27H. The first kappa shape index (κ1) is 26.8. The molecule has 7 aromatic carbocycles. The van der Waals surface area contributed by atoms with Crippen molar-refractivity contribution in [3.05, 3.63) is 164 Å². The Bertz CT molecular complexity index is 3050. The third kappa shape index (κ3) is 3.80. The summed E-state index contributed by atoms with van der Waals surface area (Å²) in [5, 5.41) is 8.83. The van der Waals surface area contributed by atoms with E-state index >= 15 is 0 Å². The van der Waals surface area contributed by atoms with Crippen molar-refractivity contribution < 1.29 is 0 Å². The molecule has 0 bridgehead atoms. The molecule has 0 N–H and O–H groups in total. The second kappa shape index (κ2) is 10.1. The molecule has 3 nitrogen and oxygen atoms in total. The summed E-state index contributed by atoms with van der Waals surface area (Å²) in [5.41, 5.74) is 10.3. The fraction of sp³-hybridized carbons (Fsp3) is 0. The first-order valence-corrected chi connectivity index (χ1v) is 17.5. The Balaban J connectivity index is 1.10. The molecule has 0 aliphatic rings. The van der Waals surface area contributed by atoms with Gasteiger partial charge in [-0.1, -0.05) is 103 Å². The third-order valence-electron chi connectivity index (χ3n) is 10.1. The SMILES string of the molecule is c1ccc2c(c1)nc(-c1ccc(-n3c4ccccc4c4cc(-n5c6ccccc6c6ccccc65)ccc43)cc1)c1sc3ccccc3c12. The maximum absolute atomic E-state index is 5.24. The highest BCUT2D eigenvalue weighted by molar-refractivity contribution is 7.26. The van der Waals surface area contributed by atoms with Crippen LogP contribution in [0.15, 0.2) is 164 Å². The van der Waals surface area contributed by atoms with Crippen LogP contribution in [0.25, 0.3) is 97.3 Å². The van der Waals surface area contributed by atoms with Crippen molar-refractivity contribution in [2.24, 2.45) is 0 Å². The van der Waals surface area contributed by atoms with Gasteiger partial charge in [0.15, 0.2) is 0 Å². The first-order valence-electron chi connectivity index (χ1n) is 16.6. The van der Waals surface area contributed by atoms with Gasteiger partial charge in [0.2, 0.25) is 0 Å². The molecule has 49 heavy (non-hydrogen) atoms. The molecule has 0 amide bonds. The van der Waals surface area contributed by atoms with Crippen LogP contribution in [0.4, 0.5) is 0 Å². The molecule has 4 aromatic heterocycles. The van der Waals surface area contributed by atoms with Crippen molar-refractivity contribution in [1.29, 1.82) is 0 Å². The second-order valence-electron chi connectivity index (χ2n) is 12.8. The number of hydrogen-bond donors (Lipinski definition) is 0. The van der Waals surface area contributed by atoms with Gasteiger partial charge in [0.25, 0.3) is 0 Å². The van der Waals surface area contributed by atoms with Gasteiger partial charge in [0.1, 0.15) is 0 Å². The number of aromatic nitrogens is 3. The Morgan fingerprint density at radius 3 is 1.61 bits per heavy atom. The highest BCUT2D eigenvalue weighted by Crippen LogP contribution is 2.43. The quantitative estimate of drug-likeness (QED) is 0.188. The number of fused-ring (bicyclic) bond motifs is 11. The molecular formula is C45H27N3S. The van der Waals surface area contributed by atoms with Crippen LogP contribution in [0.3, 0.4) is 0 Å². The first-order chi connectivity index (χ1) is 24.3. The summed E-state index contributed by atoms with van der Waals surface area (Å²) in [6.45, 7) is 0. The van der Waals surface area contributed by atoms with Crippen LogP contribution < -0.4 is 0 Å². The number of para-hydroxylation sites is 4. The number of thiophene rings is 1. The van der Waals surface area contributed by atoms with E-state index in [4.69, 9.17) is 4.98 Å². The molecule has 0 unspecified atom stereocenters. The van der Waals surface area contributed by atoms with Crippen LogP contribution in [0.2, 0.25) is 0 Å². The molecule has 11 rings (SSSR count). The lowest BCUT2D eigenvalue weighted by Gasteiger charge is -2.11. The maximum atomic E-state index is 5.24. The Labute approximate surface area is 285 Å². The van der Waals surface area contributed by atoms with E-state index in [1.807, 2.05) is 11.3 Å². The molecule has 0 aliphatic carbocycles. The van der Waals surface area contributed by atoms with Gasteiger partial charge >= 0.3 is 0 Å². The third-order valence-corrected chi connectivity index (χ3v) is 11.3. The zero-order valence-electron chi connectivity index (χ0n) is 26.3. The summed E-state index contributed by atoms with van der Waals surface area (Å²) in [4.78, 5) is 5.24. The van der Waals surface area contributed by atoms with Crippen LogP contribution in [0, 0.1) is 0 Å². The maximum Gasteiger partial charge on any atom is 0.0888 e. The van der Waals surface area contributed by atoms with E-state index < -0.39 is 0 Å². The molecule has 228 valence electrons. The van der Waals surface area contributed by atoms with Crippen LogP contribution in [-0.4, -0.2) is 14.1 Å². The summed E-state index contributed by atoms with van der Waals surface area (Å²) in [6, 6.07) is 59.3. The van der Waals surface area contributed by atoms with Crippen molar-refractivity contribution in [1.82, 2.24) is 14.1 Å². The lowest BCUT2D eigenvalue weighted by Crippen LogP contribution is -1.96. The monoisotopic (exact) mass is 641 g/mol. The number of benzene rings is 7. The topological polar surface area (TPSA) is 22.8 Å². The summed E-state index contributed by atoms with van der Waals surface area (Å²) >= 11 is 1.84. The van der Waals surface area contributed by atoms with Gasteiger partial charge < -0.3 is 9.13 Å². The lowest BCUT2D eigenvalue weighted by molar-refractivity contribution is 1.16. The van der Waals surface area contributed by atoms with Gasteiger partial charge in [0.05, 0.1) is 38.0 Å². The van der Waals surface area contributed by atoms with E-state index in [9.17, 15) is 0 Å². The van der Waals surface area contributed by atoms with Crippen molar-refractivity contribution in [2.45, 2.75) is 0 Å².